The van der Waals surface area contributed by atoms with Crippen molar-refractivity contribution in [2.75, 3.05) is 18.4 Å². The van der Waals surface area contributed by atoms with Gasteiger partial charge in [-0.1, -0.05) is 23.5 Å². The smallest absolute Gasteiger partial charge is 0.256 e. The summed E-state index contributed by atoms with van der Waals surface area (Å²) in [6.45, 7) is 13.5. The van der Waals surface area contributed by atoms with E-state index >= 15 is 0 Å². The van der Waals surface area contributed by atoms with Gasteiger partial charge in [0.2, 0.25) is 15.2 Å². The largest absolute Gasteiger partial charge is 0.306 e. The predicted molar refractivity (Wildman–Crippen MR) is 145 cm³/mol. The number of aryl methyl sites for hydroxylation is 3. The second-order valence-electron chi connectivity index (χ2n) is 8.36. The third-order valence-corrected chi connectivity index (χ3v) is 8.51. The van der Waals surface area contributed by atoms with Crippen LogP contribution in [-0.2, 0) is 10.0 Å². The van der Waals surface area contributed by atoms with Crippen molar-refractivity contribution in [3.8, 4) is 5.13 Å². The molecule has 0 radical (unpaired) electrons. The number of carbonyl (C=O) groups is 1. The van der Waals surface area contributed by atoms with Crippen LogP contribution in [0, 0.1) is 20.8 Å². The first kappa shape index (κ1) is 25.5. The van der Waals surface area contributed by atoms with Gasteiger partial charge >= 0.3 is 0 Å². The molecule has 186 valence electrons. The number of hydrogen-bond acceptors (Lipinski definition) is 6. The maximum atomic E-state index is 13.0. The van der Waals surface area contributed by atoms with Crippen molar-refractivity contribution in [3.05, 3.63) is 90.2 Å². The third-order valence-electron chi connectivity index (χ3n) is 5.67. The second-order valence-corrected chi connectivity index (χ2v) is 11.3. The molecule has 4 aromatic rings. The van der Waals surface area contributed by atoms with E-state index in [0.717, 1.165) is 21.5 Å². The van der Waals surface area contributed by atoms with E-state index in [0.29, 0.717) is 16.5 Å². The maximum Gasteiger partial charge on any atom is 0.256 e. The number of hydrogen-bond donors (Lipinski definition) is 1. The highest BCUT2D eigenvalue weighted by atomic mass is 32.2. The number of nitrogens with one attached hydrogen (secondary N) is 1. The van der Waals surface area contributed by atoms with E-state index in [2.05, 4.69) is 36.6 Å². The predicted octanol–water partition coefficient (Wildman–Crippen LogP) is 5.02. The van der Waals surface area contributed by atoms with Gasteiger partial charge in [0.15, 0.2) is 0 Å². The average Bonchev–Trinajstić information content (AvgIpc) is 3.41. The van der Waals surface area contributed by atoms with Crippen molar-refractivity contribution in [1.82, 2.24) is 19.1 Å². The van der Waals surface area contributed by atoms with E-state index in [4.69, 9.17) is 4.98 Å². The molecule has 4 rings (SSSR count). The van der Waals surface area contributed by atoms with Gasteiger partial charge in [0, 0.05) is 24.7 Å². The molecule has 1 N–H and O–H groups in total. The van der Waals surface area contributed by atoms with Crippen LogP contribution in [0.5, 0.6) is 0 Å². The number of benzene rings is 2. The molecule has 10 heteroatoms. The van der Waals surface area contributed by atoms with Gasteiger partial charge in [-0.3, -0.25) is 4.79 Å². The van der Waals surface area contributed by atoms with Crippen LogP contribution < -0.4 is 5.32 Å². The van der Waals surface area contributed by atoms with E-state index in [9.17, 15) is 13.2 Å². The standard InChI is InChI=1S/C26H27N5O3S2/c1-6-12-30(13-7-2)36(33,34)21-10-8-20(9-11-21)25(32)28-24-16-19(5)29-31(24)26-27-22-14-17(3)18(4)15-23(22)35-26/h6-11,14-16H,1-2,12-13H2,3-5H3,(H,28,32). The highest BCUT2D eigenvalue weighted by Crippen LogP contribution is 2.29. The van der Waals surface area contributed by atoms with Crippen molar-refractivity contribution >= 4 is 43.3 Å². The van der Waals surface area contributed by atoms with Gasteiger partial charge in [-0.15, -0.1) is 13.2 Å². The molecule has 0 unspecified atom stereocenters. The summed E-state index contributed by atoms with van der Waals surface area (Å²) in [5.74, 6) is 0.0896. The molecular weight excluding hydrogens is 494 g/mol. The minimum Gasteiger partial charge on any atom is -0.306 e. The highest BCUT2D eigenvalue weighted by Gasteiger charge is 2.23. The van der Waals surface area contributed by atoms with Gasteiger partial charge in [0.25, 0.3) is 5.91 Å². The number of anilines is 1. The van der Waals surface area contributed by atoms with Gasteiger partial charge in [0.05, 0.1) is 20.8 Å². The lowest BCUT2D eigenvalue weighted by Gasteiger charge is -2.19. The van der Waals surface area contributed by atoms with Crippen molar-refractivity contribution in [1.29, 1.82) is 0 Å². The van der Waals surface area contributed by atoms with Crippen LogP contribution in [0.4, 0.5) is 5.82 Å². The zero-order chi connectivity index (χ0) is 26.0. The van der Waals surface area contributed by atoms with E-state index in [1.54, 1.807) is 10.7 Å². The number of thiazole rings is 1. The van der Waals surface area contributed by atoms with Crippen LogP contribution in [0.15, 0.2) is 72.7 Å². The summed E-state index contributed by atoms with van der Waals surface area (Å²) < 4.78 is 29.7. The van der Waals surface area contributed by atoms with Gasteiger partial charge in [-0.2, -0.15) is 14.1 Å². The van der Waals surface area contributed by atoms with Crippen molar-refractivity contribution < 1.29 is 13.2 Å². The Morgan fingerprint density at radius 2 is 1.69 bits per heavy atom. The molecular formula is C26H27N5O3S2. The summed E-state index contributed by atoms with van der Waals surface area (Å²) in [6.07, 6.45) is 3.03. The molecule has 2 heterocycles. The zero-order valence-electron chi connectivity index (χ0n) is 20.4. The fraction of sp³-hybridized carbons (Fsp3) is 0.192. The Bertz CT molecular complexity index is 1520. The Labute approximate surface area is 214 Å². The van der Waals surface area contributed by atoms with E-state index in [1.807, 2.05) is 19.9 Å². The molecule has 2 aromatic carbocycles. The summed E-state index contributed by atoms with van der Waals surface area (Å²) in [7, 11) is -3.75. The number of sulfonamides is 1. The summed E-state index contributed by atoms with van der Waals surface area (Å²) in [5, 5.41) is 8.04. The minimum atomic E-state index is -3.75. The molecule has 0 spiro atoms. The van der Waals surface area contributed by atoms with Crippen molar-refractivity contribution in [3.63, 3.8) is 0 Å². The van der Waals surface area contributed by atoms with E-state index < -0.39 is 10.0 Å². The van der Waals surface area contributed by atoms with Crippen LogP contribution in [0.3, 0.4) is 0 Å². The molecule has 0 aliphatic heterocycles. The second kappa shape index (κ2) is 10.2. The zero-order valence-corrected chi connectivity index (χ0v) is 22.0. The van der Waals surface area contributed by atoms with Crippen LogP contribution in [0.25, 0.3) is 15.3 Å². The first-order chi connectivity index (χ1) is 17.1. The van der Waals surface area contributed by atoms with Crippen LogP contribution in [-0.4, -0.2) is 46.5 Å². The maximum absolute atomic E-state index is 13.0. The van der Waals surface area contributed by atoms with E-state index in [-0.39, 0.29) is 23.9 Å². The molecule has 0 saturated heterocycles. The number of amides is 1. The van der Waals surface area contributed by atoms with Crippen LogP contribution in [0.2, 0.25) is 0 Å². The first-order valence-electron chi connectivity index (χ1n) is 11.2. The Kier molecular flexibility index (Phi) is 7.21. The summed E-state index contributed by atoms with van der Waals surface area (Å²) in [5.41, 5.74) is 4.26. The number of nitrogens with zero attached hydrogens (tertiary/aromatic N) is 4. The molecule has 1 amide bonds. The van der Waals surface area contributed by atoms with Gasteiger partial charge in [-0.05, 0) is 68.3 Å². The number of rotatable bonds is 9. The fourth-order valence-electron chi connectivity index (χ4n) is 3.67. The molecule has 36 heavy (non-hydrogen) atoms. The molecule has 0 bridgehead atoms. The Morgan fingerprint density at radius 3 is 2.33 bits per heavy atom. The quantitative estimate of drug-likeness (QED) is 0.312. The normalized spacial score (nSPS) is 11.7. The molecule has 0 fully saturated rings. The Balaban J connectivity index is 1.59. The van der Waals surface area contributed by atoms with Crippen molar-refractivity contribution in [2.24, 2.45) is 0 Å². The Morgan fingerprint density at radius 1 is 1.06 bits per heavy atom. The van der Waals surface area contributed by atoms with Crippen molar-refractivity contribution in [2.45, 2.75) is 25.7 Å². The van der Waals surface area contributed by atoms with Crippen LogP contribution in [0.1, 0.15) is 27.2 Å². The van der Waals surface area contributed by atoms with E-state index in [1.165, 1.54) is 57.6 Å². The summed E-state index contributed by atoms with van der Waals surface area (Å²) in [4.78, 5) is 17.8. The average molecular weight is 522 g/mol. The number of aromatic nitrogens is 3. The molecule has 2 aromatic heterocycles. The topological polar surface area (TPSA) is 97.2 Å². The first-order valence-corrected chi connectivity index (χ1v) is 13.5. The molecule has 0 aliphatic rings. The van der Waals surface area contributed by atoms with Crippen LogP contribution >= 0.6 is 11.3 Å². The summed E-state index contributed by atoms with van der Waals surface area (Å²) in [6, 6.07) is 11.7. The molecule has 0 atom stereocenters. The number of fused-ring (bicyclic) bond motifs is 1. The SMILES string of the molecule is C=CCN(CC=C)S(=O)(=O)c1ccc(C(=O)Nc2cc(C)nn2-c2nc3cc(C)c(C)cc3s2)cc1. The lowest BCUT2D eigenvalue weighted by atomic mass is 10.1. The van der Waals surface area contributed by atoms with Gasteiger partial charge < -0.3 is 5.32 Å². The molecule has 0 aliphatic carbocycles. The van der Waals surface area contributed by atoms with Gasteiger partial charge in [-0.25, -0.2) is 13.4 Å². The lowest BCUT2D eigenvalue weighted by Crippen LogP contribution is -2.31. The molecule has 8 nitrogen and oxygen atoms in total. The Hall–Kier alpha value is -3.60. The highest BCUT2D eigenvalue weighted by molar-refractivity contribution is 7.89. The van der Waals surface area contributed by atoms with Gasteiger partial charge in [0.1, 0.15) is 5.82 Å². The monoisotopic (exact) mass is 521 g/mol. The minimum absolute atomic E-state index is 0.0868. The third kappa shape index (κ3) is 5.01. The molecule has 0 saturated carbocycles. The number of carbonyl (C=O) groups excluding carboxylic acids is 1. The lowest BCUT2D eigenvalue weighted by molar-refractivity contribution is 0.102. The fourth-order valence-corrected chi connectivity index (χ4v) is 6.06. The summed E-state index contributed by atoms with van der Waals surface area (Å²) >= 11 is 1.49.